The second-order valence-corrected chi connectivity index (χ2v) is 5.21. The summed E-state index contributed by atoms with van der Waals surface area (Å²) in [7, 11) is 0. The lowest BCUT2D eigenvalue weighted by molar-refractivity contribution is -0.121. The molecule has 2 aromatic carbocycles. The maximum Gasteiger partial charge on any atom is 0.231 e. The highest BCUT2D eigenvalue weighted by Gasteiger charge is 2.16. The van der Waals surface area contributed by atoms with Gasteiger partial charge in [-0.1, -0.05) is 18.2 Å². The Morgan fingerprint density at radius 1 is 1.18 bits per heavy atom. The molecule has 0 aliphatic carbocycles. The number of amides is 1. The number of fused-ring (bicyclic) bond motifs is 1. The molecule has 2 aromatic rings. The van der Waals surface area contributed by atoms with Gasteiger partial charge in [-0.3, -0.25) is 4.79 Å². The molecule has 0 radical (unpaired) electrons. The van der Waals surface area contributed by atoms with Gasteiger partial charge in [0.2, 0.25) is 12.7 Å². The highest BCUT2D eigenvalue weighted by Crippen LogP contribution is 2.34. The summed E-state index contributed by atoms with van der Waals surface area (Å²) in [6.45, 7) is 2.13. The van der Waals surface area contributed by atoms with Crippen LogP contribution in [0.15, 0.2) is 42.5 Å². The SMILES string of the molecule is C[C@H](NC(=O)Cc1ccc(F)cc1)c1ccc2c(c1)OCO2. The summed E-state index contributed by atoms with van der Waals surface area (Å²) in [4.78, 5) is 12.1. The van der Waals surface area contributed by atoms with E-state index < -0.39 is 0 Å². The van der Waals surface area contributed by atoms with E-state index in [-0.39, 0.29) is 31.0 Å². The summed E-state index contributed by atoms with van der Waals surface area (Å²) in [6, 6.07) is 11.4. The number of nitrogens with one attached hydrogen (secondary N) is 1. The number of carbonyl (C=O) groups excluding carboxylic acids is 1. The van der Waals surface area contributed by atoms with Gasteiger partial charge >= 0.3 is 0 Å². The topological polar surface area (TPSA) is 47.6 Å². The Balaban J connectivity index is 1.62. The van der Waals surface area contributed by atoms with E-state index in [2.05, 4.69) is 5.32 Å². The van der Waals surface area contributed by atoms with Gasteiger partial charge in [-0.05, 0) is 42.3 Å². The number of rotatable bonds is 4. The monoisotopic (exact) mass is 301 g/mol. The Hall–Kier alpha value is -2.56. The van der Waals surface area contributed by atoms with Crippen molar-refractivity contribution in [3.63, 3.8) is 0 Å². The molecule has 1 N–H and O–H groups in total. The van der Waals surface area contributed by atoms with Crippen LogP contribution in [0.5, 0.6) is 11.5 Å². The number of hydrogen-bond donors (Lipinski definition) is 1. The summed E-state index contributed by atoms with van der Waals surface area (Å²) >= 11 is 0. The highest BCUT2D eigenvalue weighted by molar-refractivity contribution is 5.79. The van der Waals surface area contributed by atoms with E-state index in [1.54, 1.807) is 12.1 Å². The maximum atomic E-state index is 12.8. The molecule has 1 aliphatic rings. The van der Waals surface area contributed by atoms with E-state index in [4.69, 9.17) is 9.47 Å². The molecule has 1 atom stereocenters. The molecular weight excluding hydrogens is 285 g/mol. The Labute approximate surface area is 127 Å². The Morgan fingerprint density at radius 3 is 2.68 bits per heavy atom. The van der Waals surface area contributed by atoms with Crippen LogP contribution in [0.3, 0.4) is 0 Å². The van der Waals surface area contributed by atoms with Crippen molar-refractivity contribution in [2.24, 2.45) is 0 Å². The number of benzene rings is 2. The summed E-state index contributed by atoms with van der Waals surface area (Å²) in [5.74, 6) is 0.986. The van der Waals surface area contributed by atoms with Crippen molar-refractivity contribution in [1.82, 2.24) is 5.32 Å². The molecule has 22 heavy (non-hydrogen) atoms. The quantitative estimate of drug-likeness (QED) is 0.944. The molecule has 114 valence electrons. The molecule has 3 rings (SSSR count). The van der Waals surface area contributed by atoms with Gasteiger partial charge in [0.05, 0.1) is 12.5 Å². The lowest BCUT2D eigenvalue weighted by atomic mass is 10.1. The fraction of sp³-hybridized carbons (Fsp3) is 0.235. The largest absolute Gasteiger partial charge is 0.454 e. The maximum absolute atomic E-state index is 12.8. The summed E-state index contributed by atoms with van der Waals surface area (Å²) in [5, 5.41) is 2.92. The zero-order valence-corrected chi connectivity index (χ0v) is 12.1. The average molecular weight is 301 g/mol. The summed E-state index contributed by atoms with van der Waals surface area (Å²) in [5.41, 5.74) is 1.72. The molecule has 1 aliphatic heterocycles. The standard InChI is InChI=1S/C17H16FNO3/c1-11(13-4-7-15-16(9-13)22-10-21-15)19-17(20)8-12-2-5-14(18)6-3-12/h2-7,9,11H,8,10H2,1H3,(H,19,20)/t11-/m0/s1. The third kappa shape index (κ3) is 3.19. The van der Waals surface area contributed by atoms with Crippen molar-refractivity contribution in [3.8, 4) is 11.5 Å². The first-order chi connectivity index (χ1) is 10.6. The lowest BCUT2D eigenvalue weighted by Gasteiger charge is -2.15. The van der Waals surface area contributed by atoms with E-state index in [0.29, 0.717) is 11.5 Å². The van der Waals surface area contributed by atoms with Crippen LogP contribution in [0, 0.1) is 5.82 Å². The van der Waals surface area contributed by atoms with Crippen LogP contribution in [0.2, 0.25) is 0 Å². The fourth-order valence-corrected chi connectivity index (χ4v) is 2.35. The van der Waals surface area contributed by atoms with Gasteiger partial charge in [0.15, 0.2) is 11.5 Å². The van der Waals surface area contributed by atoms with E-state index >= 15 is 0 Å². The van der Waals surface area contributed by atoms with E-state index in [9.17, 15) is 9.18 Å². The van der Waals surface area contributed by atoms with Crippen LogP contribution >= 0.6 is 0 Å². The molecule has 0 aromatic heterocycles. The van der Waals surface area contributed by atoms with Gasteiger partial charge in [0.25, 0.3) is 0 Å². The fourth-order valence-electron chi connectivity index (χ4n) is 2.35. The molecule has 0 unspecified atom stereocenters. The number of carbonyl (C=O) groups is 1. The molecule has 0 saturated carbocycles. The first-order valence-electron chi connectivity index (χ1n) is 7.05. The predicted octanol–water partition coefficient (Wildman–Crippen LogP) is 2.97. The van der Waals surface area contributed by atoms with Crippen molar-refractivity contribution in [3.05, 3.63) is 59.4 Å². The van der Waals surface area contributed by atoms with Gasteiger partial charge in [-0.25, -0.2) is 4.39 Å². The second kappa shape index (κ2) is 6.05. The second-order valence-electron chi connectivity index (χ2n) is 5.21. The van der Waals surface area contributed by atoms with E-state index in [1.807, 2.05) is 25.1 Å². The molecule has 0 spiro atoms. The average Bonchev–Trinajstić information content (AvgIpc) is 2.97. The van der Waals surface area contributed by atoms with E-state index in [0.717, 1.165) is 11.1 Å². The van der Waals surface area contributed by atoms with Gasteiger partial charge < -0.3 is 14.8 Å². The lowest BCUT2D eigenvalue weighted by Crippen LogP contribution is -2.28. The van der Waals surface area contributed by atoms with Crippen molar-refractivity contribution < 1.29 is 18.7 Å². The van der Waals surface area contributed by atoms with Gasteiger partial charge in [-0.15, -0.1) is 0 Å². The molecule has 5 heteroatoms. The van der Waals surface area contributed by atoms with Crippen LogP contribution in [0.1, 0.15) is 24.1 Å². The summed E-state index contributed by atoms with van der Waals surface area (Å²) < 4.78 is 23.4. The van der Waals surface area contributed by atoms with Gasteiger partial charge in [-0.2, -0.15) is 0 Å². The normalized spacial score (nSPS) is 13.7. The summed E-state index contributed by atoms with van der Waals surface area (Å²) in [6.07, 6.45) is 0.217. The smallest absolute Gasteiger partial charge is 0.231 e. The number of hydrogen-bond acceptors (Lipinski definition) is 3. The minimum Gasteiger partial charge on any atom is -0.454 e. The molecule has 0 bridgehead atoms. The molecular formula is C17H16FNO3. The van der Waals surface area contributed by atoms with Crippen molar-refractivity contribution in [1.29, 1.82) is 0 Å². The first kappa shape index (κ1) is 14.4. The first-order valence-corrected chi connectivity index (χ1v) is 7.05. The third-order valence-electron chi connectivity index (χ3n) is 3.55. The van der Waals surface area contributed by atoms with E-state index in [1.165, 1.54) is 12.1 Å². The van der Waals surface area contributed by atoms with Crippen molar-refractivity contribution in [2.75, 3.05) is 6.79 Å². The molecule has 1 amide bonds. The van der Waals surface area contributed by atoms with Crippen LogP contribution in [-0.4, -0.2) is 12.7 Å². The predicted molar refractivity (Wildman–Crippen MR) is 79.2 cm³/mol. The Kier molecular flexibility index (Phi) is 3.96. The Bertz CT molecular complexity index is 685. The Morgan fingerprint density at radius 2 is 1.91 bits per heavy atom. The minimum absolute atomic E-state index is 0.114. The minimum atomic E-state index is -0.308. The third-order valence-corrected chi connectivity index (χ3v) is 3.55. The van der Waals surface area contributed by atoms with Crippen molar-refractivity contribution in [2.45, 2.75) is 19.4 Å². The van der Waals surface area contributed by atoms with Crippen LogP contribution in [0.4, 0.5) is 4.39 Å². The zero-order chi connectivity index (χ0) is 15.5. The van der Waals surface area contributed by atoms with Crippen LogP contribution in [-0.2, 0) is 11.2 Å². The van der Waals surface area contributed by atoms with Gasteiger partial charge in [0, 0.05) is 0 Å². The molecule has 4 nitrogen and oxygen atoms in total. The zero-order valence-electron chi connectivity index (χ0n) is 12.1. The number of ether oxygens (including phenoxy) is 2. The van der Waals surface area contributed by atoms with Gasteiger partial charge in [0.1, 0.15) is 5.82 Å². The van der Waals surface area contributed by atoms with Crippen LogP contribution in [0.25, 0.3) is 0 Å². The molecule has 1 heterocycles. The number of halogens is 1. The van der Waals surface area contributed by atoms with Crippen LogP contribution < -0.4 is 14.8 Å². The molecule has 0 fully saturated rings. The highest BCUT2D eigenvalue weighted by atomic mass is 19.1. The van der Waals surface area contributed by atoms with Crippen molar-refractivity contribution >= 4 is 5.91 Å². The molecule has 0 saturated heterocycles.